The molecule has 0 saturated heterocycles. The van der Waals surface area contributed by atoms with E-state index < -0.39 is 6.17 Å². The van der Waals surface area contributed by atoms with Gasteiger partial charge in [0, 0.05) is 14.2 Å². The lowest BCUT2D eigenvalue weighted by molar-refractivity contribution is 0.0941. The predicted molar refractivity (Wildman–Crippen MR) is 86.8 cm³/mol. The molecule has 0 aliphatic rings. The monoisotopic (exact) mass is 403 g/mol. The molecule has 104 valence electrons. The molecule has 2 nitrogen and oxygen atoms in total. The highest BCUT2D eigenvalue weighted by molar-refractivity contribution is 14.1. The van der Waals surface area contributed by atoms with Crippen LogP contribution in [0, 0.1) is 3.57 Å². The van der Waals surface area contributed by atoms with Crippen LogP contribution >= 0.6 is 34.2 Å². The summed E-state index contributed by atoms with van der Waals surface area (Å²) in [5.41, 5.74) is 0.927. The number of alkyl halides is 1. The smallest absolute Gasteiger partial charge is 0.252 e. The van der Waals surface area contributed by atoms with Gasteiger partial charge in [-0.05, 0) is 40.8 Å². The molecular weight excluding hydrogens is 392 g/mol. The average molecular weight is 404 g/mol. The average Bonchev–Trinajstić information content (AvgIpc) is 2.45. The fourth-order valence-corrected chi connectivity index (χ4v) is 2.65. The SMILES string of the molecule is O=C(NC[C@@H](F)c1ccccc1Cl)c1ccccc1I. The second kappa shape index (κ2) is 7.04. The van der Waals surface area contributed by atoms with Gasteiger partial charge in [0.2, 0.25) is 0 Å². The maximum Gasteiger partial charge on any atom is 0.252 e. The number of hydrogen-bond donors (Lipinski definition) is 1. The molecule has 0 radical (unpaired) electrons. The number of carbonyl (C=O) groups is 1. The van der Waals surface area contributed by atoms with Gasteiger partial charge in [0.05, 0.1) is 12.1 Å². The summed E-state index contributed by atoms with van der Waals surface area (Å²) >= 11 is 8.00. The molecule has 0 saturated carbocycles. The van der Waals surface area contributed by atoms with Gasteiger partial charge in [-0.25, -0.2) is 4.39 Å². The van der Waals surface area contributed by atoms with Crippen molar-refractivity contribution in [3.63, 3.8) is 0 Å². The highest BCUT2D eigenvalue weighted by Gasteiger charge is 2.15. The van der Waals surface area contributed by atoms with Crippen molar-refractivity contribution in [2.45, 2.75) is 6.17 Å². The van der Waals surface area contributed by atoms with Gasteiger partial charge in [0.25, 0.3) is 5.91 Å². The first-order valence-corrected chi connectivity index (χ1v) is 7.46. The summed E-state index contributed by atoms with van der Waals surface area (Å²) < 4.78 is 14.9. The molecule has 2 rings (SSSR count). The van der Waals surface area contributed by atoms with Crippen molar-refractivity contribution in [3.8, 4) is 0 Å². The lowest BCUT2D eigenvalue weighted by Crippen LogP contribution is -2.27. The Kier molecular flexibility index (Phi) is 5.37. The van der Waals surface area contributed by atoms with E-state index >= 15 is 0 Å². The van der Waals surface area contributed by atoms with Crippen molar-refractivity contribution in [1.82, 2.24) is 5.32 Å². The van der Waals surface area contributed by atoms with E-state index in [1.807, 2.05) is 12.1 Å². The first-order chi connectivity index (χ1) is 9.59. The molecule has 0 aliphatic heterocycles. The molecule has 20 heavy (non-hydrogen) atoms. The second-order valence-electron chi connectivity index (χ2n) is 4.18. The number of amides is 1. The van der Waals surface area contributed by atoms with Crippen LogP contribution in [0.15, 0.2) is 48.5 Å². The van der Waals surface area contributed by atoms with Crippen LogP contribution in [0.3, 0.4) is 0 Å². The summed E-state index contributed by atoms with van der Waals surface area (Å²) in [5, 5.41) is 2.95. The Bertz CT molecular complexity index is 620. The summed E-state index contributed by atoms with van der Waals surface area (Å²) in [6.45, 7) is -0.104. The van der Waals surface area contributed by atoms with E-state index in [-0.39, 0.29) is 12.5 Å². The molecule has 1 amide bonds. The first-order valence-electron chi connectivity index (χ1n) is 6.01. The lowest BCUT2D eigenvalue weighted by Gasteiger charge is -2.12. The molecule has 0 fully saturated rings. The lowest BCUT2D eigenvalue weighted by atomic mass is 10.1. The van der Waals surface area contributed by atoms with Gasteiger partial charge >= 0.3 is 0 Å². The van der Waals surface area contributed by atoms with Gasteiger partial charge < -0.3 is 5.32 Å². The zero-order chi connectivity index (χ0) is 14.5. The number of hydrogen-bond acceptors (Lipinski definition) is 1. The fraction of sp³-hybridized carbons (Fsp3) is 0.133. The van der Waals surface area contributed by atoms with Crippen LogP contribution in [0.25, 0.3) is 0 Å². The molecule has 0 bridgehead atoms. The molecule has 0 spiro atoms. The van der Waals surface area contributed by atoms with E-state index in [4.69, 9.17) is 11.6 Å². The molecule has 1 atom stereocenters. The first kappa shape index (κ1) is 15.3. The van der Waals surface area contributed by atoms with Crippen LogP contribution in [-0.2, 0) is 0 Å². The Morgan fingerprint density at radius 1 is 1.20 bits per heavy atom. The van der Waals surface area contributed by atoms with Crippen molar-refractivity contribution in [1.29, 1.82) is 0 Å². The predicted octanol–water partition coefficient (Wildman–Crippen LogP) is 4.39. The van der Waals surface area contributed by atoms with Gasteiger partial charge in [-0.3, -0.25) is 4.79 Å². The summed E-state index contributed by atoms with van der Waals surface area (Å²) in [6, 6.07) is 13.9. The van der Waals surface area contributed by atoms with Gasteiger partial charge in [-0.15, -0.1) is 0 Å². The van der Waals surface area contributed by atoms with Gasteiger partial charge in [0.15, 0.2) is 0 Å². The molecule has 5 heteroatoms. The van der Waals surface area contributed by atoms with E-state index in [1.54, 1.807) is 36.4 Å². The summed E-state index contributed by atoms with van der Waals surface area (Å²) in [7, 11) is 0. The zero-order valence-electron chi connectivity index (χ0n) is 10.4. The third-order valence-electron chi connectivity index (χ3n) is 2.80. The second-order valence-corrected chi connectivity index (χ2v) is 5.75. The minimum Gasteiger partial charge on any atom is -0.349 e. The molecule has 0 aliphatic carbocycles. The Balaban J connectivity index is 2.01. The Labute approximate surface area is 135 Å². The summed E-state index contributed by atoms with van der Waals surface area (Å²) in [6.07, 6.45) is -1.32. The molecule has 0 unspecified atom stereocenters. The minimum atomic E-state index is -1.32. The Morgan fingerprint density at radius 3 is 2.55 bits per heavy atom. The van der Waals surface area contributed by atoms with Crippen molar-refractivity contribution in [2.24, 2.45) is 0 Å². The normalized spacial score (nSPS) is 11.9. The highest BCUT2D eigenvalue weighted by atomic mass is 127. The number of carbonyl (C=O) groups excluding carboxylic acids is 1. The van der Waals surface area contributed by atoms with E-state index in [9.17, 15) is 9.18 Å². The molecule has 0 heterocycles. The molecule has 0 aromatic heterocycles. The molecule has 1 N–H and O–H groups in total. The topological polar surface area (TPSA) is 29.1 Å². The number of nitrogens with one attached hydrogen (secondary N) is 1. The quantitative estimate of drug-likeness (QED) is 0.754. The van der Waals surface area contributed by atoms with Crippen LogP contribution in [0.4, 0.5) is 4.39 Å². The Hall–Kier alpha value is -1.14. The largest absolute Gasteiger partial charge is 0.349 e. The minimum absolute atomic E-state index is 0.104. The maximum atomic E-state index is 14.1. The Morgan fingerprint density at radius 2 is 1.85 bits per heavy atom. The molecule has 2 aromatic rings. The number of halogens is 3. The van der Waals surface area contributed by atoms with Crippen molar-refractivity contribution >= 4 is 40.1 Å². The van der Waals surface area contributed by atoms with Crippen molar-refractivity contribution in [3.05, 3.63) is 68.3 Å². The van der Waals surface area contributed by atoms with Gasteiger partial charge in [-0.2, -0.15) is 0 Å². The zero-order valence-corrected chi connectivity index (χ0v) is 13.4. The third kappa shape index (κ3) is 3.70. The maximum absolute atomic E-state index is 14.1. The number of rotatable bonds is 4. The van der Waals surface area contributed by atoms with Crippen LogP contribution in [0.2, 0.25) is 5.02 Å². The van der Waals surface area contributed by atoms with E-state index in [1.165, 1.54) is 0 Å². The summed E-state index contributed by atoms with van der Waals surface area (Å²) in [5.74, 6) is -0.287. The van der Waals surface area contributed by atoms with Crippen LogP contribution in [0.1, 0.15) is 22.1 Å². The fourth-order valence-electron chi connectivity index (χ4n) is 1.76. The van der Waals surface area contributed by atoms with Gasteiger partial charge in [0.1, 0.15) is 6.17 Å². The van der Waals surface area contributed by atoms with Crippen LogP contribution in [-0.4, -0.2) is 12.5 Å². The highest BCUT2D eigenvalue weighted by Crippen LogP contribution is 2.25. The molecule has 2 aromatic carbocycles. The van der Waals surface area contributed by atoms with E-state index in [2.05, 4.69) is 27.9 Å². The van der Waals surface area contributed by atoms with Crippen molar-refractivity contribution in [2.75, 3.05) is 6.54 Å². The van der Waals surface area contributed by atoms with E-state index in [0.29, 0.717) is 16.1 Å². The standard InChI is InChI=1S/C15H12ClFINO/c16-12-7-3-1-5-10(12)13(17)9-19-15(20)11-6-2-4-8-14(11)18/h1-8,13H,9H2,(H,19,20)/t13-/m1/s1. The number of benzene rings is 2. The van der Waals surface area contributed by atoms with Crippen molar-refractivity contribution < 1.29 is 9.18 Å². The van der Waals surface area contributed by atoms with Crippen LogP contribution < -0.4 is 5.32 Å². The third-order valence-corrected chi connectivity index (χ3v) is 4.09. The van der Waals surface area contributed by atoms with Gasteiger partial charge in [-0.1, -0.05) is 41.9 Å². The van der Waals surface area contributed by atoms with Crippen LogP contribution in [0.5, 0.6) is 0 Å². The molecular formula is C15H12ClFINO. The van der Waals surface area contributed by atoms with E-state index in [0.717, 1.165) is 3.57 Å². The summed E-state index contributed by atoms with van der Waals surface area (Å²) in [4.78, 5) is 12.0.